The van der Waals surface area contributed by atoms with Crippen LogP contribution in [-0.2, 0) is 23.2 Å². The van der Waals surface area contributed by atoms with E-state index in [0.717, 1.165) is 12.1 Å². The van der Waals surface area contributed by atoms with Gasteiger partial charge in [-0.3, -0.25) is 4.72 Å². The lowest BCUT2D eigenvalue weighted by atomic mass is 10.3. The maximum atomic E-state index is 13.2. The van der Waals surface area contributed by atoms with E-state index < -0.39 is 15.8 Å². The predicted molar refractivity (Wildman–Crippen MR) is 78.2 cm³/mol. The van der Waals surface area contributed by atoms with Crippen LogP contribution in [0, 0.1) is 5.82 Å². The number of aromatic nitrogens is 1. The molecular weight excluding hydrogens is 319 g/mol. The fourth-order valence-corrected chi connectivity index (χ4v) is 3.25. The first-order valence-electron chi connectivity index (χ1n) is 6.14. The first-order chi connectivity index (χ1) is 9.85. The van der Waals surface area contributed by atoms with E-state index >= 15 is 0 Å². The van der Waals surface area contributed by atoms with Crippen molar-refractivity contribution in [1.29, 1.82) is 0 Å². The van der Waals surface area contributed by atoms with Crippen LogP contribution in [0.15, 0.2) is 35.4 Å². The molecule has 0 aliphatic carbocycles. The molecule has 0 aliphatic heterocycles. The van der Waals surface area contributed by atoms with Crippen molar-refractivity contribution in [3.8, 4) is 0 Å². The van der Waals surface area contributed by atoms with E-state index in [1.54, 1.807) is 4.57 Å². The Morgan fingerprint density at radius 1 is 1.33 bits per heavy atom. The molecule has 5 nitrogen and oxygen atoms in total. The van der Waals surface area contributed by atoms with Gasteiger partial charge in [-0.2, -0.15) is 0 Å². The minimum absolute atomic E-state index is 0.00576. The third-order valence-corrected chi connectivity index (χ3v) is 4.46. The average Bonchev–Trinajstić information content (AvgIpc) is 2.80. The maximum Gasteiger partial charge on any atom is 0.263 e. The molecule has 0 amide bonds. The van der Waals surface area contributed by atoms with Gasteiger partial charge in [0.2, 0.25) is 0 Å². The van der Waals surface area contributed by atoms with Gasteiger partial charge < -0.3 is 9.67 Å². The van der Waals surface area contributed by atoms with Gasteiger partial charge in [0.25, 0.3) is 10.0 Å². The topological polar surface area (TPSA) is 71.3 Å². The molecule has 2 aromatic rings. The normalized spacial score (nSPS) is 11.6. The molecule has 114 valence electrons. The highest BCUT2D eigenvalue weighted by molar-refractivity contribution is 7.92. The molecule has 0 spiro atoms. The first-order valence-corrected chi connectivity index (χ1v) is 8.00. The predicted octanol–water partition coefficient (Wildman–Crippen LogP) is 2.59. The van der Waals surface area contributed by atoms with Gasteiger partial charge in [-0.1, -0.05) is 11.6 Å². The fourth-order valence-electron chi connectivity index (χ4n) is 1.93. The van der Waals surface area contributed by atoms with Crippen LogP contribution in [0.4, 0.5) is 10.1 Å². The summed E-state index contributed by atoms with van der Waals surface area (Å²) in [6.07, 6.45) is 1.41. The van der Waals surface area contributed by atoms with Crippen molar-refractivity contribution in [3.05, 3.63) is 47.0 Å². The number of hydrogen-bond donors (Lipinski definition) is 2. The summed E-state index contributed by atoms with van der Waals surface area (Å²) >= 11 is 5.69. The van der Waals surface area contributed by atoms with E-state index in [2.05, 4.69) is 4.72 Å². The van der Waals surface area contributed by atoms with Crippen LogP contribution >= 0.6 is 11.6 Å². The van der Waals surface area contributed by atoms with Crippen LogP contribution in [-0.4, -0.2) is 18.1 Å². The monoisotopic (exact) mass is 332 g/mol. The molecule has 0 unspecified atom stereocenters. The number of anilines is 1. The summed E-state index contributed by atoms with van der Waals surface area (Å²) in [5, 5.41) is 9.28. The van der Waals surface area contributed by atoms with E-state index in [1.807, 2.05) is 6.92 Å². The van der Waals surface area contributed by atoms with E-state index in [-0.39, 0.29) is 22.2 Å². The van der Waals surface area contributed by atoms with E-state index in [9.17, 15) is 17.9 Å². The SMILES string of the molecule is CCn1cc(S(=O)(=O)Nc2cc(F)cc(Cl)c2)cc1CO. The lowest BCUT2D eigenvalue weighted by Crippen LogP contribution is -2.12. The highest BCUT2D eigenvalue weighted by Crippen LogP contribution is 2.22. The lowest BCUT2D eigenvalue weighted by molar-refractivity contribution is 0.271. The Balaban J connectivity index is 2.35. The van der Waals surface area contributed by atoms with Crippen LogP contribution in [0.25, 0.3) is 0 Å². The third kappa shape index (κ3) is 3.55. The Hall–Kier alpha value is -1.57. The number of aryl methyl sites for hydroxylation is 1. The van der Waals surface area contributed by atoms with E-state index in [4.69, 9.17) is 11.6 Å². The zero-order valence-corrected chi connectivity index (χ0v) is 12.7. The molecule has 8 heteroatoms. The van der Waals surface area contributed by atoms with Crippen molar-refractivity contribution in [2.24, 2.45) is 0 Å². The average molecular weight is 333 g/mol. The van der Waals surface area contributed by atoms with Gasteiger partial charge in [-0.25, -0.2) is 12.8 Å². The highest BCUT2D eigenvalue weighted by atomic mass is 35.5. The highest BCUT2D eigenvalue weighted by Gasteiger charge is 2.18. The molecule has 2 N–H and O–H groups in total. The van der Waals surface area contributed by atoms with E-state index in [1.165, 1.54) is 18.3 Å². The third-order valence-electron chi connectivity index (χ3n) is 2.89. The van der Waals surface area contributed by atoms with Gasteiger partial charge in [-0.05, 0) is 31.2 Å². The summed E-state index contributed by atoms with van der Waals surface area (Å²) in [7, 11) is -3.88. The second kappa shape index (κ2) is 6.05. The first kappa shape index (κ1) is 15.8. The number of halogens is 2. The van der Waals surface area contributed by atoms with Crippen molar-refractivity contribution in [3.63, 3.8) is 0 Å². The second-order valence-electron chi connectivity index (χ2n) is 4.37. The molecule has 0 fully saturated rings. The molecule has 1 heterocycles. The summed E-state index contributed by atoms with van der Waals surface area (Å²) < 4.78 is 41.6. The van der Waals surface area contributed by atoms with Gasteiger partial charge >= 0.3 is 0 Å². The van der Waals surface area contributed by atoms with Crippen LogP contribution < -0.4 is 4.72 Å². The molecular formula is C13H14ClFN2O3S. The molecule has 0 saturated heterocycles. The minimum Gasteiger partial charge on any atom is -0.390 e. The number of benzene rings is 1. The van der Waals surface area contributed by atoms with Crippen LogP contribution in [0.3, 0.4) is 0 Å². The minimum atomic E-state index is -3.88. The van der Waals surface area contributed by atoms with Gasteiger partial charge in [0.15, 0.2) is 0 Å². The number of rotatable bonds is 5. The summed E-state index contributed by atoms with van der Waals surface area (Å²) in [6, 6.07) is 4.79. The fraction of sp³-hybridized carbons (Fsp3) is 0.231. The Morgan fingerprint density at radius 3 is 2.57 bits per heavy atom. The van der Waals surface area contributed by atoms with Crippen molar-refractivity contribution >= 4 is 27.3 Å². The zero-order valence-electron chi connectivity index (χ0n) is 11.2. The summed E-state index contributed by atoms with van der Waals surface area (Å²) in [6.45, 7) is 2.09. The Morgan fingerprint density at radius 2 is 2.05 bits per heavy atom. The molecule has 0 aliphatic rings. The maximum absolute atomic E-state index is 13.2. The molecule has 2 rings (SSSR count). The molecule has 0 bridgehead atoms. The van der Waals surface area contributed by atoms with Gasteiger partial charge in [0.1, 0.15) is 10.7 Å². The number of sulfonamides is 1. The number of nitrogens with one attached hydrogen (secondary N) is 1. The van der Waals surface area contributed by atoms with Crippen LogP contribution in [0.5, 0.6) is 0 Å². The Bertz CT molecular complexity index is 717. The Kier molecular flexibility index (Phi) is 4.55. The number of hydrogen-bond acceptors (Lipinski definition) is 3. The summed E-state index contributed by atoms with van der Waals surface area (Å²) in [4.78, 5) is -0.00576. The molecule has 0 radical (unpaired) electrons. The summed E-state index contributed by atoms with van der Waals surface area (Å²) in [5.74, 6) is -0.637. The molecule has 21 heavy (non-hydrogen) atoms. The number of aliphatic hydroxyl groups is 1. The molecule has 1 aromatic carbocycles. The van der Waals surface area contributed by atoms with Crippen molar-refractivity contribution in [2.45, 2.75) is 25.0 Å². The van der Waals surface area contributed by atoms with E-state index in [0.29, 0.717) is 12.2 Å². The van der Waals surface area contributed by atoms with Crippen molar-refractivity contribution in [2.75, 3.05) is 4.72 Å². The standard InChI is InChI=1S/C13H14ClFN2O3S/c1-2-17-7-13(6-12(17)8-18)21(19,20)16-11-4-9(14)3-10(15)5-11/h3-7,16,18H,2,8H2,1H3. The molecule has 0 saturated carbocycles. The quantitative estimate of drug-likeness (QED) is 0.884. The number of aliphatic hydroxyl groups excluding tert-OH is 1. The lowest BCUT2D eigenvalue weighted by Gasteiger charge is -2.07. The zero-order chi connectivity index (χ0) is 15.6. The number of nitrogens with zero attached hydrogens (tertiary/aromatic N) is 1. The van der Waals surface area contributed by atoms with Gasteiger partial charge in [-0.15, -0.1) is 0 Å². The van der Waals surface area contributed by atoms with Gasteiger partial charge in [0, 0.05) is 23.5 Å². The molecule has 1 aromatic heterocycles. The summed E-state index contributed by atoms with van der Waals surface area (Å²) in [5.41, 5.74) is 0.518. The van der Waals surface area contributed by atoms with Crippen LogP contribution in [0.1, 0.15) is 12.6 Å². The largest absolute Gasteiger partial charge is 0.390 e. The van der Waals surface area contributed by atoms with Crippen molar-refractivity contribution in [1.82, 2.24) is 4.57 Å². The smallest absolute Gasteiger partial charge is 0.263 e. The second-order valence-corrected chi connectivity index (χ2v) is 6.49. The van der Waals surface area contributed by atoms with Crippen molar-refractivity contribution < 1.29 is 17.9 Å². The van der Waals surface area contributed by atoms with Gasteiger partial charge in [0.05, 0.1) is 12.3 Å². The van der Waals surface area contributed by atoms with Crippen LogP contribution in [0.2, 0.25) is 5.02 Å². The Labute approximate surface area is 127 Å². The molecule has 0 atom stereocenters.